The first-order chi connectivity index (χ1) is 12.1. The van der Waals surface area contributed by atoms with Crippen LogP contribution >= 0.6 is 0 Å². The standard InChI is InChI=1S/C23H32O2/c1-4-5-6-16-8-10-20-18-9-7-15-13-21(24)22(25-3)14-19(15)17(18)11-12-23(16,20)2/h6,13-14,17-18,20,24H,4-5,7-12H2,1-3H3/t17-,18+,20-,23+/m0/s1. The highest BCUT2D eigenvalue weighted by molar-refractivity contribution is 5.49. The molecule has 1 aromatic carbocycles. The predicted molar refractivity (Wildman–Crippen MR) is 102 cm³/mol. The number of fused-ring (bicyclic) bond motifs is 5. The maximum atomic E-state index is 10.1. The smallest absolute Gasteiger partial charge is 0.160 e. The summed E-state index contributed by atoms with van der Waals surface area (Å²) in [5, 5.41) is 10.1. The number of hydrogen-bond donors (Lipinski definition) is 1. The average molecular weight is 341 g/mol. The number of allylic oxidation sites excluding steroid dienone is 2. The molecule has 2 nitrogen and oxygen atoms in total. The predicted octanol–water partition coefficient (Wildman–Crippen LogP) is 5.98. The molecule has 0 amide bonds. The lowest BCUT2D eigenvalue weighted by atomic mass is 9.55. The number of benzene rings is 1. The molecule has 3 aliphatic rings. The topological polar surface area (TPSA) is 29.5 Å². The number of hydrogen-bond acceptors (Lipinski definition) is 2. The number of aryl methyl sites for hydroxylation is 1. The molecular formula is C23H32O2. The van der Waals surface area contributed by atoms with Crippen LogP contribution < -0.4 is 4.74 Å². The van der Waals surface area contributed by atoms with Crippen molar-refractivity contribution in [1.29, 1.82) is 0 Å². The molecule has 3 aliphatic carbocycles. The van der Waals surface area contributed by atoms with E-state index >= 15 is 0 Å². The molecule has 4 atom stereocenters. The summed E-state index contributed by atoms with van der Waals surface area (Å²) in [6, 6.07) is 4.09. The first-order valence-electron chi connectivity index (χ1n) is 10.2. The van der Waals surface area contributed by atoms with Crippen molar-refractivity contribution in [3.8, 4) is 11.5 Å². The summed E-state index contributed by atoms with van der Waals surface area (Å²) in [6.45, 7) is 4.83. The van der Waals surface area contributed by atoms with Crippen LogP contribution in [0.15, 0.2) is 23.8 Å². The van der Waals surface area contributed by atoms with E-state index < -0.39 is 0 Å². The third-order valence-electron chi connectivity index (χ3n) is 7.55. The van der Waals surface area contributed by atoms with Crippen molar-refractivity contribution in [1.82, 2.24) is 0 Å². The van der Waals surface area contributed by atoms with E-state index in [2.05, 4.69) is 26.0 Å². The lowest BCUT2D eigenvalue weighted by Crippen LogP contribution is -2.40. The summed E-state index contributed by atoms with van der Waals surface area (Å²) in [6.07, 6.45) is 12.7. The van der Waals surface area contributed by atoms with Crippen LogP contribution in [0.4, 0.5) is 0 Å². The Labute approximate surface area is 152 Å². The van der Waals surface area contributed by atoms with Gasteiger partial charge in [0.1, 0.15) is 0 Å². The second-order valence-electron chi connectivity index (χ2n) is 8.65. The molecular weight excluding hydrogens is 308 g/mol. The fourth-order valence-electron chi connectivity index (χ4n) is 6.25. The molecule has 2 saturated carbocycles. The lowest BCUT2D eigenvalue weighted by Gasteiger charge is -2.49. The zero-order valence-electron chi connectivity index (χ0n) is 16.0. The van der Waals surface area contributed by atoms with Crippen molar-refractivity contribution in [3.63, 3.8) is 0 Å². The number of phenols is 1. The van der Waals surface area contributed by atoms with E-state index in [0.29, 0.717) is 22.8 Å². The molecule has 136 valence electrons. The van der Waals surface area contributed by atoms with Gasteiger partial charge in [-0.1, -0.05) is 31.9 Å². The van der Waals surface area contributed by atoms with Crippen LogP contribution in [0.3, 0.4) is 0 Å². The first kappa shape index (κ1) is 17.0. The minimum Gasteiger partial charge on any atom is -0.504 e. The van der Waals surface area contributed by atoms with Crippen molar-refractivity contribution in [2.45, 2.75) is 71.1 Å². The summed E-state index contributed by atoms with van der Waals surface area (Å²) < 4.78 is 5.40. The Hall–Kier alpha value is -1.44. The molecule has 0 bridgehead atoms. The van der Waals surface area contributed by atoms with Gasteiger partial charge in [0.05, 0.1) is 7.11 Å². The fourth-order valence-corrected chi connectivity index (χ4v) is 6.25. The van der Waals surface area contributed by atoms with Crippen molar-refractivity contribution < 1.29 is 9.84 Å². The fraction of sp³-hybridized carbons (Fsp3) is 0.652. The molecule has 2 heteroatoms. The number of phenolic OH excluding ortho intramolecular Hbond substituents is 1. The number of aromatic hydroxyl groups is 1. The summed E-state index contributed by atoms with van der Waals surface area (Å²) in [5.41, 5.74) is 5.00. The van der Waals surface area contributed by atoms with E-state index in [-0.39, 0.29) is 0 Å². The lowest BCUT2D eigenvalue weighted by molar-refractivity contribution is 0.0811. The van der Waals surface area contributed by atoms with Gasteiger partial charge in [-0.2, -0.15) is 0 Å². The number of methoxy groups -OCH3 is 1. The van der Waals surface area contributed by atoms with Gasteiger partial charge in [0.2, 0.25) is 0 Å². The Balaban J connectivity index is 1.66. The number of ether oxygens (including phenoxy) is 1. The van der Waals surface area contributed by atoms with E-state index in [1.165, 1.54) is 56.1 Å². The van der Waals surface area contributed by atoms with Gasteiger partial charge in [-0.15, -0.1) is 0 Å². The van der Waals surface area contributed by atoms with Crippen molar-refractivity contribution in [2.24, 2.45) is 17.3 Å². The van der Waals surface area contributed by atoms with Gasteiger partial charge in [0.25, 0.3) is 0 Å². The zero-order chi connectivity index (χ0) is 17.6. The number of unbranched alkanes of at least 4 members (excludes halogenated alkanes) is 1. The Bertz CT molecular complexity index is 690. The Morgan fingerprint density at radius 1 is 1.24 bits per heavy atom. The van der Waals surface area contributed by atoms with E-state index in [4.69, 9.17) is 4.74 Å². The molecule has 0 saturated heterocycles. The molecule has 0 unspecified atom stereocenters. The van der Waals surface area contributed by atoms with Crippen LogP contribution in [0, 0.1) is 17.3 Å². The maximum Gasteiger partial charge on any atom is 0.160 e. The molecule has 0 heterocycles. The second-order valence-corrected chi connectivity index (χ2v) is 8.65. The van der Waals surface area contributed by atoms with Crippen molar-refractivity contribution in [2.75, 3.05) is 7.11 Å². The SMILES string of the molecule is CCCC=C1CC[C@H]2[C@@H]3CCc4cc(O)c(OC)cc4[C@H]3CC[C@]12C. The van der Waals surface area contributed by atoms with Gasteiger partial charge >= 0.3 is 0 Å². The van der Waals surface area contributed by atoms with Gasteiger partial charge in [-0.05, 0) is 91.4 Å². The summed E-state index contributed by atoms with van der Waals surface area (Å²) in [4.78, 5) is 0. The molecule has 0 aromatic heterocycles. The Kier molecular flexibility index (Phi) is 4.33. The van der Waals surface area contributed by atoms with Crippen LogP contribution in [0.25, 0.3) is 0 Å². The molecule has 2 fully saturated rings. The summed E-state index contributed by atoms with van der Waals surface area (Å²) in [7, 11) is 1.65. The molecule has 0 spiro atoms. The maximum absolute atomic E-state index is 10.1. The van der Waals surface area contributed by atoms with E-state index in [1.54, 1.807) is 12.7 Å². The third kappa shape index (κ3) is 2.60. The minimum absolute atomic E-state index is 0.297. The third-order valence-corrected chi connectivity index (χ3v) is 7.55. The molecule has 1 aromatic rings. The zero-order valence-corrected chi connectivity index (χ0v) is 16.0. The van der Waals surface area contributed by atoms with Crippen molar-refractivity contribution >= 4 is 0 Å². The van der Waals surface area contributed by atoms with Gasteiger partial charge in [-0.3, -0.25) is 0 Å². The highest BCUT2D eigenvalue weighted by Gasteiger charge is 2.52. The van der Waals surface area contributed by atoms with Crippen LogP contribution in [-0.4, -0.2) is 12.2 Å². The Morgan fingerprint density at radius 2 is 2.08 bits per heavy atom. The van der Waals surface area contributed by atoms with Gasteiger partial charge < -0.3 is 9.84 Å². The average Bonchev–Trinajstić information content (AvgIpc) is 2.95. The molecule has 1 N–H and O–H groups in total. The van der Waals surface area contributed by atoms with E-state index in [0.717, 1.165) is 18.3 Å². The van der Waals surface area contributed by atoms with Crippen molar-refractivity contribution in [3.05, 3.63) is 34.9 Å². The largest absolute Gasteiger partial charge is 0.504 e. The molecule has 25 heavy (non-hydrogen) atoms. The molecule has 0 radical (unpaired) electrons. The molecule has 0 aliphatic heterocycles. The summed E-state index contributed by atoms with van der Waals surface area (Å²) in [5.74, 6) is 3.23. The number of rotatable bonds is 3. The van der Waals surface area contributed by atoms with Crippen LogP contribution in [-0.2, 0) is 6.42 Å². The Morgan fingerprint density at radius 3 is 2.84 bits per heavy atom. The second kappa shape index (κ2) is 6.37. The normalized spacial score (nSPS) is 35.2. The van der Waals surface area contributed by atoms with Crippen LogP contribution in [0.2, 0.25) is 0 Å². The van der Waals surface area contributed by atoms with Gasteiger partial charge in [-0.25, -0.2) is 0 Å². The van der Waals surface area contributed by atoms with E-state index in [9.17, 15) is 5.11 Å². The highest BCUT2D eigenvalue weighted by atomic mass is 16.5. The van der Waals surface area contributed by atoms with Gasteiger partial charge in [0, 0.05) is 0 Å². The highest BCUT2D eigenvalue weighted by Crippen LogP contribution is 2.63. The van der Waals surface area contributed by atoms with Gasteiger partial charge in [0.15, 0.2) is 11.5 Å². The van der Waals surface area contributed by atoms with Crippen LogP contribution in [0.1, 0.15) is 75.8 Å². The van der Waals surface area contributed by atoms with Crippen LogP contribution in [0.5, 0.6) is 11.5 Å². The monoisotopic (exact) mass is 340 g/mol. The first-order valence-corrected chi connectivity index (χ1v) is 10.2. The quantitative estimate of drug-likeness (QED) is 0.685. The molecule has 4 rings (SSSR count). The van der Waals surface area contributed by atoms with E-state index in [1.807, 2.05) is 6.07 Å². The summed E-state index contributed by atoms with van der Waals surface area (Å²) >= 11 is 0. The minimum atomic E-state index is 0.297.